The van der Waals surface area contributed by atoms with E-state index in [0.29, 0.717) is 6.54 Å². The minimum atomic E-state index is -0.345. The highest BCUT2D eigenvalue weighted by atomic mass is 35.5. The average Bonchev–Trinajstić information content (AvgIpc) is 2.47. The van der Waals surface area contributed by atoms with E-state index >= 15 is 0 Å². The fourth-order valence-corrected chi connectivity index (χ4v) is 1.84. The van der Waals surface area contributed by atoms with Gasteiger partial charge in [0.15, 0.2) is 0 Å². The molecule has 1 atom stereocenters. The molecule has 0 aliphatic rings. The van der Waals surface area contributed by atoms with E-state index in [0.717, 1.165) is 9.21 Å². The molecule has 1 heterocycles. The second-order valence-electron chi connectivity index (χ2n) is 2.71. The molecule has 0 fully saturated rings. The molecule has 1 aromatic heterocycles. The van der Waals surface area contributed by atoms with Crippen LogP contribution in [0.15, 0.2) is 12.1 Å². The van der Waals surface area contributed by atoms with Gasteiger partial charge in [-0.3, -0.25) is 4.79 Å². The van der Waals surface area contributed by atoms with E-state index in [9.17, 15) is 4.79 Å². The van der Waals surface area contributed by atoms with Crippen LogP contribution in [0.2, 0.25) is 4.34 Å². The standard InChI is InChI=1S/C8H11ClN2OS/c1-5(8(10)12)11-4-6-2-3-7(9)13-6/h2-3,5,11H,4H2,1H3,(H2,10,12). The van der Waals surface area contributed by atoms with E-state index < -0.39 is 0 Å². The summed E-state index contributed by atoms with van der Waals surface area (Å²) in [6.45, 7) is 2.36. The van der Waals surface area contributed by atoms with Crippen molar-refractivity contribution in [2.75, 3.05) is 0 Å². The summed E-state index contributed by atoms with van der Waals surface area (Å²) in [5.74, 6) is -0.345. The highest BCUT2D eigenvalue weighted by molar-refractivity contribution is 7.16. The fourth-order valence-electron chi connectivity index (χ4n) is 0.801. The number of rotatable bonds is 4. The van der Waals surface area contributed by atoms with Crippen molar-refractivity contribution in [3.8, 4) is 0 Å². The van der Waals surface area contributed by atoms with Gasteiger partial charge in [0.1, 0.15) is 0 Å². The monoisotopic (exact) mass is 218 g/mol. The normalized spacial score (nSPS) is 12.8. The lowest BCUT2D eigenvalue weighted by atomic mass is 10.3. The molecule has 3 N–H and O–H groups in total. The first-order valence-corrected chi connectivity index (χ1v) is 5.06. The maximum atomic E-state index is 10.7. The zero-order valence-corrected chi connectivity index (χ0v) is 8.78. The van der Waals surface area contributed by atoms with Crippen molar-refractivity contribution in [1.29, 1.82) is 0 Å². The minimum Gasteiger partial charge on any atom is -0.368 e. The molecule has 5 heteroatoms. The SMILES string of the molecule is CC(NCc1ccc(Cl)s1)C(N)=O. The van der Waals surface area contributed by atoms with Gasteiger partial charge < -0.3 is 11.1 Å². The number of primary amides is 1. The molecule has 0 aromatic carbocycles. The van der Waals surface area contributed by atoms with Crippen LogP contribution < -0.4 is 11.1 Å². The van der Waals surface area contributed by atoms with Gasteiger partial charge in [-0.25, -0.2) is 0 Å². The molecule has 1 unspecified atom stereocenters. The number of carbonyl (C=O) groups is 1. The molecular weight excluding hydrogens is 208 g/mol. The molecule has 72 valence electrons. The van der Waals surface area contributed by atoms with Crippen LogP contribution >= 0.6 is 22.9 Å². The zero-order chi connectivity index (χ0) is 9.84. The van der Waals surface area contributed by atoms with Crippen molar-refractivity contribution in [3.05, 3.63) is 21.3 Å². The fraction of sp³-hybridized carbons (Fsp3) is 0.375. The largest absolute Gasteiger partial charge is 0.368 e. The van der Waals surface area contributed by atoms with Gasteiger partial charge in [-0.15, -0.1) is 11.3 Å². The third-order valence-electron chi connectivity index (χ3n) is 1.64. The third-order valence-corrected chi connectivity index (χ3v) is 2.87. The van der Waals surface area contributed by atoms with Crippen molar-refractivity contribution >= 4 is 28.8 Å². The summed E-state index contributed by atoms with van der Waals surface area (Å²) >= 11 is 7.23. The lowest BCUT2D eigenvalue weighted by Crippen LogP contribution is -2.38. The highest BCUT2D eigenvalue weighted by Gasteiger charge is 2.07. The first kappa shape index (κ1) is 10.5. The van der Waals surface area contributed by atoms with E-state index in [1.807, 2.05) is 12.1 Å². The smallest absolute Gasteiger partial charge is 0.234 e. The lowest BCUT2D eigenvalue weighted by molar-refractivity contribution is -0.119. The molecule has 0 aliphatic heterocycles. The molecular formula is C8H11ClN2OS. The number of carbonyl (C=O) groups excluding carboxylic acids is 1. The van der Waals surface area contributed by atoms with Crippen LogP contribution in [0.25, 0.3) is 0 Å². The summed E-state index contributed by atoms with van der Waals surface area (Å²) in [5, 5.41) is 2.99. The Morgan fingerprint density at radius 3 is 2.92 bits per heavy atom. The van der Waals surface area contributed by atoms with Crippen molar-refractivity contribution in [2.24, 2.45) is 5.73 Å². The first-order valence-electron chi connectivity index (χ1n) is 3.86. The molecule has 13 heavy (non-hydrogen) atoms. The Hall–Kier alpha value is -0.580. The molecule has 0 saturated heterocycles. The molecule has 0 radical (unpaired) electrons. The molecule has 1 amide bonds. The topological polar surface area (TPSA) is 55.1 Å². The number of halogens is 1. The van der Waals surface area contributed by atoms with E-state index in [4.69, 9.17) is 17.3 Å². The van der Waals surface area contributed by atoms with Gasteiger partial charge in [-0.05, 0) is 19.1 Å². The van der Waals surface area contributed by atoms with Crippen LogP contribution in [0.4, 0.5) is 0 Å². The van der Waals surface area contributed by atoms with Crippen LogP contribution in [-0.4, -0.2) is 11.9 Å². The second kappa shape index (κ2) is 4.60. The van der Waals surface area contributed by atoms with Gasteiger partial charge in [0.05, 0.1) is 10.4 Å². The maximum Gasteiger partial charge on any atom is 0.234 e. The van der Waals surface area contributed by atoms with Crippen molar-refractivity contribution in [3.63, 3.8) is 0 Å². The number of nitrogens with two attached hydrogens (primary N) is 1. The molecule has 0 aliphatic carbocycles. The summed E-state index contributed by atoms with van der Waals surface area (Å²) in [6.07, 6.45) is 0. The lowest BCUT2D eigenvalue weighted by Gasteiger charge is -2.07. The molecule has 1 rings (SSSR count). The van der Waals surface area contributed by atoms with Crippen LogP contribution in [-0.2, 0) is 11.3 Å². The number of nitrogens with one attached hydrogen (secondary N) is 1. The van der Waals surface area contributed by atoms with Gasteiger partial charge in [0.2, 0.25) is 5.91 Å². The van der Waals surface area contributed by atoms with Crippen LogP contribution in [0.1, 0.15) is 11.8 Å². The van der Waals surface area contributed by atoms with Crippen molar-refractivity contribution in [2.45, 2.75) is 19.5 Å². The number of hydrogen-bond donors (Lipinski definition) is 2. The average molecular weight is 219 g/mol. The molecule has 1 aromatic rings. The predicted octanol–water partition coefficient (Wildman–Crippen LogP) is 1.36. The molecule has 0 bridgehead atoms. The number of hydrogen-bond acceptors (Lipinski definition) is 3. The third kappa shape index (κ3) is 3.34. The van der Waals surface area contributed by atoms with E-state index in [1.54, 1.807) is 6.92 Å². The molecule has 0 spiro atoms. The van der Waals surface area contributed by atoms with Crippen LogP contribution in [0.3, 0.4) is 0 Å². The second-order valence-corrected chi connectivity index (χ2v) is 4.51. The Balaban J connectivity index is 2.39. The minimum absolute atomic E-state index is 0.305. The Labute approximate surface area is 85.9 Å². The Morgan fingerprint density at radius 1 is 1.77 bits per heavy atom. The van der Waals surface area contributed by atoms with Crippen LogP contribution in [0.5, 0.6) is 0 Å². The number of thiophene rings is 1. The van der Waals surface area contributed by atoms with Gasteiger partial charge in [-0.1, -0.05) is 11.6 Å². The summed E-state index contributed by atoms with van der Waals surface area (Å²) < 4.78 is 0.753. The van der Waals surface area contributed by atoms with Gasteiger partial charge in [-0.2, -0.15) is 0 Å². The number of amides is 1. The quantitative estimate of drug-likeness (QED) is 0.802. The van der Waals surface area contributed by atoms with Gasteiger partial charge in [0.25, 0.3) is 0 Å². The van der Waals surface area contributed by atoms with Crippen molar-refractivity contribution < 1.29 is 4.79 Å². The highest BCUT2D eigenvalue weighted by Crippen LogP contribution is 2.20. The Morgan fingerprint density at radius 2 is 2.46 bits per heavy atom. The van der Waals surface area contributed by atoms with Gasteiger partial charge >= 0.3 is 0 Å². The molecule has 3 nitrogen and oxygen atoms in total. The summed E-state index contributed by atoms with van der Waals surface area (Å²) in [7, 11) is 0. The van der Waals surface area contributed by atoms with Crippen LogP contribution in [0, 0.1) is 0 Å². The van der Waals surface area contributed by atoms with Gasteiger partial charge in [0, 0.05) is 11.4 Å². The van der Waals surface area contributed by atoms with E-state index in [2.05, 4.69) is 5.32 Å². The summed E-state index contributed by atoms with van der Waals surface area (Å²) in [6, 6.07) is 3.45. The maximum absolute atomic E-state index is 10.7. The summed E-state index contributed by atoms with van der Waals surface area (Å²) in [4.78, 5) is 11.8. The Bertz CT molecular complexity index is 300. The predicted molar refractivity (Wildman–Crippen MR) is 54.8 cm³/mol. The summed E-state index contributed by atoms with van der Waals surface area (Å²) in [5.41, 5.74) is 5.08. The zero-order valence-electron chi connectivity index (χ0n) is 7.21. The van der Waals surface area contributed by atoms with E-state index in [1.165, 1.54) is 11.3 Å². The Kier molecular flexibility index (Phi) is 3.71. The molecule has 0 saturated carbocycles. The van der Waals surface area contributed by atoms with Crippen molar-refractivity contribution in [1.82, 2.24) is 5.32 Å². The first-order chi connectivity index (χ1) is 6.09. The van der Waals surface area contributed by atoms with E-state index in [-0.39, 0.29) is 11.9 Å².